The van der Waals surface area contributed by atoms with E-state index >= 15 is 0 Å². The van der Waals surface area contributed by atoms with Gasteiger partial charge >= 0.3 is 0 Å². The Morgan fingerprint density at radius 3 is 2.60 bits per heavy atom. The molecule has 1 aromatic heterocycles. The fourth-order valence-corrected chi connectivity index (χ4v) is 4.78. The first-order valence-corrected chi connectivity index (χ1v) is 12.8. The number of piperazine rings is 1. The molecule has 0 radical (unpaired) electrons. The van der Waals surface area contributed by atoms with Crippen LogP contribution in [0.25, 0.3) is 0 Å². The molecule has 1 aromatic carbocycles. The Balaban J connectivity index is 1.39. The Morgan fingerprint density at radius 2 is 1.89 bits per heavy atom. The van der Waals surface area contributed by atoms with Crippen molar-refractivity contribution < 1.29 is 14.7 Å². The Morgan fingerprint density at radius 1 is 1.14 bits per heavy atom. The zero-order valence-electron chi connectivity index (χ0n) is 19.8. The van der Waals surface area contributed by atoms with Crippen LogP contribution in [0.2, 0.25) is 0 Å². The monoisotopic (exact) mass is 545 g/mol. The number of aliphatic hydroxyl groups is 1. The van der Waals surface area contributed by atoms with E-state index in [9.17, 15) is 9.59 Å². The number of nitrogens with zero attached hydrogens (tertiary/aromatic N) is 4. The Bertz CT molecular complexity index is 1030. The summed E-state index contributed by atoms with van der Waals surface area (Å²) in [7, 11) is 2.06. The summed E-state index contributed by atoms with van der Waals surface area (Å²) in [4.78, 5) is 38.2. The highest BCUT2D eigenvalue weighted by Gasteiger charge is 2.33. The maximum atomic E-state index is 12.8. The summed E-state index contributed by atoms with van der Waals surface area (Å²) < 4.78 is 0.706. The van der Waals surface area contributed by atoms with Gasteiger partial charge in [0.15, 0.2) is 0 Å². The normalized spacial score (nSPS) is 20.5. The summed E-state index contributed by atoms with van der Waals surface area (Å²) in [6.45, 7) is 3.43. The van der Waals surface area contributed by atoms with Crippen LogP contribution in [0.5, 0.6) is 0 Å². The number of anilines is 3. The van der Waals surface area contributed by atoms with Gasteiger partial charge in [0.2, 0.25) is 11.9 Å². The summed E-state index contributed by atoms with van der Waals surface area (Å²) in [6, 6.07) is 7.28. The smallest absolute Gasteiger partial charge is 0.253 e. The lowest BCUT2D eigenvalue weighted by Crippen LogP contribution is -2.47. The fourth-order valence-electron chi connectivity index (χ4n) is 4.48. The van der Waals surface area contributed by atoms with Crippen molar-refractivity contribution in [3.05, 3.63) is 40.5 Å². The number of likely N-dealkylation sites (N-methyl/N-ethyl adjacent to an activating group) is 1. The maximum absolute atomic E-state index is 12.8. The highest BCUT2D eigenvalue weighted by atomic mass is 79.9. The molecule has 188 valence electrons. The molecule has 0 bridgehead atoms. The summed E-state index contributed by atoms with van der Waals surface area (Å²) in [5, 5.41) is 18.3. The van der Waals surface area contributed by atoms with E-state index in [1.165, 1.54) is 0 Å². The van der Waals surface area contributed by atoms with E-state index < -0.39 is 0 Å². The van der Waals surface area contributed by atoms with Crippen LogP contribution < -0.4 is 16.0 Å². The standard InChI is InChI=1S/C24H32BrN7O3/c1-31-10-12-32(13-11-31)23(35)16-5-7-17(8-6-16)28-24-27-15-19(25)21(30-24)29-20-4-2-3-18(20)22(34)26-9-14-33/h5-8,15,18,20,33H,2-4,9-14H2,1H3,(H,26,34)(H2,27,28,29,30)/t18-,20+/m0/s1. The molecule has 1 saturated heterocycles. The lowest BCUT2D eigenvalue weighted by molar-refractivity contribution is -0.125. The molecule has 4 N–H and O–H groups in total. The highest BCUT2D eigenvalue weighted by Crippen LogP contribution is 2.31. The molecule has 4 rings (SSSR count). The van der Waals surface area contributed by atoms with Crippen LogP contribution in [0, 0.1) is 5.92 Å². The number of rotatable bonds is 8. The van der Waals surface area contributed by atoms with E-state index in [4.69, 9.17) is 5.11 Å². The van der Waals surface area contributed by atoms with Crippen molar-refractivity contribution in [1.82, 2.24) is 25.1 Å². The Kier molecular flexibility index (Phi) is 8.53. The maximum Gasteiger partial charge on any atom is 0.253 e. The van der Waals surface area contributed by atoms with E-state index in [1.807, 2.05) is 29.2 Å². The summed E-state index contributed by atoms with van der Waals surface area (Å²) in [5.41, 5.74) is 1.43. The molecule has 10 nitrogen and oxygen atoms in total. The molecule has 0 unspecified atom stereocenters. The van der Waals surface area contributed by atoms with Gasteiger partial charge in [0, 0.05) is 56.2 Å². The van der Waals surface area contributed by atoms with Gasteiger partial charge in [0.25, 0.3) is 5.91 Å². The van der Waals surface area contributed by atoms with Gasteiger partial charge in [-0.05, 0) is 60.1 Å². The minimum atomic E-state index is -0.176. The van der Waals surface area contributed by atoms with Gasteiger partial charge in [-0.3, -0.25) is 9.59 Å². The van der Waals surface area contributed by atoms with Crippen LogP contribution in [0.4, 0.5) is 17.5 Å². The molecule has 1 aliphatic carbocycles. The number of hydrogen-bond donors (Lipinski definition) is 4. The van der Waals surface area contributed by atoms with E-state index in [2.05, 4.69) is 53.8 Å². The van der Waals surface area contributed by atoms with Gasteiger partial charge in [-0.15, -0.1) is 0 Å². The molecule has 0 spiro atoms. The lowest BCUT2D eigenvalue weighted by atomic mass is 10.0. The van der Waals surface area contributed by atoms with Crippen molar-refractivity contribution in [2.45, 2.75) is 25.3 Å². The van der Waals surface area contributed by atoms with Crippen LogP contribution >= 0.6 is 15.9 Å². The summed E-state index contributed by atoms with van der Waals surface area (Å²) in [6.07, 6.45) is 4.27. The number of aliphatic hydroxyl groups excluding tert-OH is 1. The van der Waals surface area contributed by atoms with Crippen LogP contribution in [0.15, 0.2) is 34.9 Å². The SMILES string of the molecule is CN1CCN(C(=O)c2ccc(Nc3ncc(Br)c(N[C@@H]4CCC[C@@H]4C(=O)NCCO)n3)cc2)CC1. The van der Waals surface area contributed by atoms with Gasteiger partial charge in [-0.2, -0.15) is 4.98 Å². The van der Waals surface area contributed by atoms with Crippen molar-refractivity contribution in [1.29, 1.82) is 0 Å². The molecule has 2 fully saturated rings. The number of nitrogens with one attached hydrogen (secondary N) is 3. The molecule has 35 heavy (non-hydrogen) atoms. The zero-order valence-corrected chi connectivity index (χ0v) is 21.4. The number of hydrogen-bond acceptors (Lipinski definition) is 8. The second kappa shape index (κ2) is 11.8. The number of carbonyl (C=O) groups excluding carboxylic acids is 2. The second-order valence-electron chi connectivity index (χ2n) is 8.99. The van der Waals surface area contributed by atoms with Crippen LogP contribution in [0.3, 0.4) is 0 Å². The molecule has 2 amide bonds. The van der Waals surface area contributed by atoms with Gasteiger partial charge in [0.1, 0.15) is 5.82 Å². The average Bonchev–Trinajstić information content (AvgIpc) is 3.33. The molecular weight excluding hydrogens is 514 g/mol. The van der Waals surface area contributed by atoms with E-state index in [1.54, 1.807) is 6.20 Å². The van der Waals surface area contributed by atoms with Crippen LogP contribution in [-0.4, -0.2) is 89.1 Å². The van der Waals surface area contributed by atoms with Gasteiger partial charge in [-0.25, -0.2) is 4.98 Å². The van der Waals surface area contributed by atoms with Crippen molar-refractivity contribution in [3.8, 4) is 0 Å². The predicted molar refractivity (Wildman–Crippen MR) is 138 cm³/mol. The molecule has 2 atom stereocenters. The van der Waals surface area contributed by atoms with Crippen molar-refractivity contribution >= 4 is 45.2 Å². The van der Waals surface area contributed by atoms with Crippen molar-refractivity contribution in [2.75, 3.05) is 57.0 Å². The van der Waals surface area contributed by atoms with E-state index in [-0.39, 0.29) is 36.9 Å². The Labute approximate surface area is 213 Å². The molecule has 1 aliphatic heterocycles. The molecule has 2 aromatic rings. The first kappa shape index (κ1) is 25.3. The largest absolute Gasteiger partial charge is 0.395 e. The van der Waals surface area contributed by atoms with E-state index in [0.717, 1.165) is 51.1 Å². The number of halogens is 1. The third-order valence-corrected chi connectivity index (χ3v) is 7.09. The predicted octanol–water partition coefficient (Wildman–Crippen LogP) is 2.06. The van der Waals surface area contributed by atoms with Gasteiger partial charge in [-0.1, -0.05) is 6.42 Å². The highest BCUT2D eigenvalue weighted by molar-refractivity contribution is 9.10. The minimum absolute atomic E-state index is 0.0465. The van der Waals surface area contributed by atoms with Gasteiger partial charge in [0.05, 0.1) is 17.0 Å². The third kappa shape index (κ3) is 6.47. The molecular formula is C24H32BrN7O3. The topological polar surface area (TPSA) is 123 Å². The number of aromatic nitrogens is 2. The first-order chi connectivity index (χ1) is 16.9. The van der Waals surface area contributed by atoms with Gasteiger partial charge < -0.3 is 30.9 Å². The van der Waals surface area contributed by atoms with Crippen LogP contribution in [0.1, 0.15) is 29.6 Å². The molecule has 1 saturated carbocycles. The third-order valence-electron chi connectivity index (χ3n) is 6.51. The molecule has 2 heterocycles. The summed E-state index contributed by atoms with van der Waals surface area (Å²) in [5.74, 6) is 0.837. The first-order valence-electron chi connectivity index (χ1n) is 12.0. The molecule has 11 heteroatoms. The Hall–Kier alpha value is -2.76. The summed E-state index contributed by atoms with van der Waals surface area (Å²) >= 11 is 3.49. The quantitative estimate of drug-likeness (QED) is 0.397. The fraction of sp³-hybridized carbons (Fsp3) is 0.500. The molecule has 2 aliphatic rings. The minimum Gasteiger partial charge on any atom is -0.395 e. The number of carbonyl (C=O) groups is 2. The average molecular weight is 546 g/mol. The van der Waals surface area contributed by atoms with Crippen molar-refractivity contribution in [3.63, 3.8) is 0 Å². The number of benzene rings is 1. The van der Waals surface area contributed by atoms with E-state index in [0.29, 0.717) is 21.8 Å². The second-order valence-corrected chi connectivity index (χ2v) is 9.85. The zero-order chi connectivity index (χ0) is 24.8. The lowest BCUT2D eigenvalue weighted by Gasteiger charge is -2.32. The van der Waals surface area contributed by atoms with Crippen LogP contribution in [-0.2, 0) is 4.79 Å². The number of amides is 2. The van der Waals surface area contributed by atoms with Crippen molar-refractivity contribution in [2.24, 2.45) is 5.92 Å².